The molecule has 0 unspecified atom stereocenters. The summed E-state index contributed by atoms with van der Waals surface area (Å²) in [7, 11) is 0. The van der Waals surface area contributed by atoms with Crippen LogP contribution in [0.1, 0.15) is 12.1 Å². The van der Waals surface area contributed by atoms with E-state index in [2.05, 4.69) is 4.98 Å². The zero-order chi connectivity index (χ0) is 10.4. The van der Waals surface area contributed by atoms with Gasteiger partial charge >= 0.3 is 0 Å². The molecule has 4 nitrogen and oxygen atoms in total. The summed E-state index contributed by atoms with van der Waals surface area (Å²) in [4.78, 5) is 5.06. The lowest BCUT2D eigenvalue weighted by atomic mass is 10.3. The highest BCUT2D eigenvalue weighted by atomic mass is 32.2. The first kappa shape index (κ1) is 11.0. The zero-order valence-corrected chi connectivity index (χ0v) is 8.55. The quantitative estimate of drug-likeness (QED) is 0.292. The maximum Gasteiger partial charge on any atom is 0.141 e. The van der Waals surface area contributed by atoms with Gasteiger partial charge in [-0.25, -0.2) is 0 Å². The molecule has 0 saturated heterocycles. The topological polar surface area (TPSA) is 83.0 Å². The number of nitrogens with one attached hydrogen (secondary N) is 1. The average Bonchev–Trinajstić information content (AvgIpc) is 2.19. The highest BCUT2D eigenvalue weighted by molar-refractivity contribution is 7.99. The van der Waals surface area contributed by atoms with E-state index in [0.717, 1.165) is 17.1 Å². The van der Waals surface area contributed by atoms with Gasteiger partial charge in [0, 0.05) is 23.5 Å². The van der Waals surface area contributed by atoms with Crippen LogP contribution >= 0.6 is 11.8 Å². The molecule has 0 aliphatic rings. The van der Waals surface area contributed by atoms with Crippen LogP contribution in [0.2, 0.25) is 0 Å². The molecule has 4 N–H and O–H groups in total. The fraction of sp³-hybridized carbons (Fsp3) is 0.333. The summed E-state index contributed by atoms with van der Waals surface area (Å²) in [5.74, 6) is 0.856. The molecule has 0 spiro atoms. The maximum atomic E-state index is 8.59. The minimum absolute atomic E-state index is 0.0168. The Bertz CT molecular complexity index is 299. The van der Waals surface area contributed by atoms with E-state index in [9.17, 15) is 0 Å². The van der Waals surface area contributed by atoms with E-state index >= 15 is 0 Å². The summed E-state index contributed by atoms with van der Waals surface area (Å²) in [6.07, 6.45) is 2.47. The molecule has 14 heavy (non-hydrogen) atoms. The second-order valence-electron chi connectivity index (χ2n) is 2.72. The van der Waals surface area contributed by atoms with Crippen molar-refractivity contribution in [1.29, 1.82) is 5.41 Å². The second kappa shape index (κ2) is 5.62. The Labute approximate surface area is 87.1 Å². The van der Waals surface area contributed by atoms with E-state index in [4.69, 9.17) is 16.2 Å². The third kappa shape index (κ3) is 3.35. The minimum atomic E-state index is -0.0168. The number of nitrogen functional groups attached to an aromatic ring is 1. The van der Waals surface area contributed by atoms with Gasteiger partial charge in [-0.1, -0.05) is 0 Å². The molecule has 0 atom stereocenters. The van der Waals surface area contributed by atoms with Crippen molar-refractivity contribution in [2.75, 3.05) is 12.4 Å². The molecule has 0 saturated carbocycles. The molecule has 1 rings (SSSR count). The first-order chi connectivity index (χ1) is 6.74. The van der Waals surface area contributed by atoms with Crippen molar-refractivity contribution in [1.82, 2.24) is 4.98 Å². The molecule has 5 heteroatoms. The highest BCUT2D eigenvalue weighted by Gasteiger charge is 1.98. The summed E-state index contributed by atoms with van der Waals surface area (Å²) in [6.45, 7) is 0.214. The SMILES string of the molecule is N=C(N)c1ccc(SCCCO)cn1. The summed E-state index contributed by atoms with van der Waals surface area (Å²) in [5.41, 5.74) is 5.76. The molecule has 0 aromatic carbocycles. The van der Waals surface area contributed by atoms with Gasteiger partial charge in [-0.15, -0.1) is 11.8 Å². The van der Waals surface area contributed by atoms with Crippen LogP contribution in [-0.2, 0) is 0 Å². The maximum absolute atomic E-state index is 8.59. The Morgan fingerprint density at radius 1 is 1.57 bits per heavy atom. The normalized spacial score (nSPS) is 10.1. The Morgan fingerprint density at radius 2 is 2.36 bits per heavy atom. The van der Waals surface area contributed by atoms with E-state index in [0.29, 0.717) is 5.69 Å². The van der Waals surface area contributed by atoms with Gasteiger partial charge < -0.3 is 10.8 Å². The highest BCUT2D eigenvalue weighted by Crippen LogP contribution is 2.17. The third-order valence-corrected chi connectivity index (χ3v) is 2.65. The first-order valence-corrected chi connectivity index (χ1v) is 5.26. The van der Waals surface area contributed by atoms with E-state index in [1.807, 2.05) is 6.07 Å². The number of hydrogen-bond acceptors (Lipinski definition) is 4. The number of amidine groups is 1. The number of thioether (sulfide) groups is 1. The molecule has 0 aliphatic heterocycles. The van der Waals surface area contributed by atoms with Crippen molar-refractivity contribution in [3.8, 4) is 0 Å². The van der Waals surface area contributed by atoms with Crippen LogP contribution in [0.25, 0.3) is 0 Å². The van der Waals surface area contributed by atoms with Crippen molar-refractivity contribution < 1.29 is 5.11 Å². The molecule has 1 aromatic rings. The largest absolute Gasteiger partial charge is 0.396 e. The molecule has 1 heterocycles. The van der Waals surface area contributed by atoms with Crippen LogP contribution < -0.4 is 5.73 Å². The molecule has 0 aliphatic carbocycles. The van der Waals surface area contributed by atoms with Crippen molar-refractivity contribution in [2.24, 2.45) is 5.73 Å². The number of nitrogens with two attached hydrogens (primary N) is 1. The van der Waals surface area contributed by atoms with Crippen molar-refractivity contribution in [2.45, 2.75) is 11.3 Å². The fourth-order valence-corrected chi connectivity index (χ4v) is 1.68. The lowest BCUT2D eigenvalue weighted by molar-refractivity contribution is 0.296. The molecule has 0 amide bonds. The Hall–Kier alpha value is -1.07. The van der Waals surface area contributed by atoms with Gasteiger partial charge in [0.25, 0.3) is 0 Å². The van der Waals surface area contributed by atoms with Crippen molar-refractivity contribution >= 4 is 17.6 Å². The molecular weight excluding hydrogens is 198 g/mol. The lowest BCUT2D eigenvalue weighted by Gasteiger charge is -2.01. The predicted molar refractivity (Wildman–Crippen MR) is 57.7 cm³/mol. The Morgan fingerprint density at radius 3 is 2.86 bits per heavy atom. The number of hydrogen-bond donors (Lipinski definition) is 3. The van der Waals surface area contributed by atoms with Gasteiger partial charge in [-0.05, 0) is 18.6 Å². The smallest absolute Gasteiger partial charge is 0.141 e. The average molecular weight is 211 g/mol. The second-order valence-corrected chi connectivity index (χ2v) is 3.89. The number of aromatic nitrogens is 1. The molecule has 0 fully saturated rings. The van der Waals surface area contributed by atoms with E-state index in [1.165, 1.54) is 0 Å². The summed E-state index contributed by atoms with van der Waals surface area (Å²) < 4.78 is 0. The number of aliphatic hydroxyl groups is 1. The van der Waals surface area contributed by atoms with Crippen LogP contribution in [0.15, 0.2) is 23.2 Å². The minimum Gasteiger partial charge on any atom is -0.396 e. The van der Waals surface area contributed by atoms with Crippen LogP contribution in [0.4, 0.5) is 0 Å². The summed E-state index contributed by atoms with van der Waals surface area (Å²) >= 11 is 1.63. The number of pyridine rings is 1. The standard InChI is InChI=1S/C9H13N3OS/c10-9(11)8-3-2-7(6-12-8)14-5-1-4-13/h2-3,6,13H,1,4-5H2,(H3,10,11). The first-order valence-electron chi connectivity index (χ1n) is 4.28. The van der Waals surface area contributed by atoms with Crippen LogP contribution in [0.5, 0.6) is 0 Å². The summed E-state index contributed by atoms with van der Waals surface area (Å²) in [5, 5.41) is 15.7. The molecule has 0 bridgehead atoms. The fourth-order valence-electron chi connectivity index (χ4n) is 0.880. The van der Waals surface area contributed by atoms with Crippen LogP contribution in [-0.4, -0.2) is 28.3 Å². The molecule has 1 aromatic heterocycles. The van der Waals surface area contributed by atoms with Crippen molar-refractivity contribution in [3.05, 3.63) is 24.0 Å². The van der Waals surface area contributed by atoms with Gasteiger partial charge in [0.1, 0.15) is 11.5 Å². The molecular formula is C9H13N3OS. The van der Waals surface area contributed by atoms with E-state index in [1.54, 1.807) is 24.0 Å². The third-order valence-electron chi connectivity index (χ3n) is 1.58. The number of nitrogens with zero attached hydrogens (tertiary/aromatic N) is 1. The van der Waals surface area contributed by atoms with Gasteiger partial charge in [-0.2, -0.15) is 0 Å². The molecule has 76 valence electrons. The lowest BCUT2D eigenvalue weighted by Crippen LogP contribution is -2.12. The molecule has 0 radical (unpaired) electrons. The van der Waals surface area contributed by atoms with Gasteiger partial charge in [0.15, 0.2) is 0 Å². The summed E-state index contributed by atoms with van der Waals surface area (Å²) in [6, 6.07) is 3.61. The van der Waals surface area contributed by atoms with Gasteiger partial charge in [-0.3, -0.25) is 10.4 Å². The van der Waals surface area contributed by atoms with Crippen LogP contribution in [0.3, 0.4) is 0 Å². The van der Waals surface area contributed by atoms with Crippen LogP contribution in [0, 0.1) is 5.41 Å². The monoisotopic (exact) mass is 211 g/mol. The van der Waals surface area contributed by atoms with Gasteiger partial charge in [0.05, 0.1) is 0 Å². The number of aliphatic hydroxyl groups excluding tert-OH is 1. The Balaban J connectivity index is 2.51. The van der Waals surface area contributed by atoms with Gasteiger partial charge in [0.2, 0.25) is 0 Å². The predicted octanol–water partition coefficient (Wildman–Crippen LogP) is 0.840. The Kier molecular flexibility index (Phi) is 4.42. The van der Waals surface area contributed by atoms with E-state index in [-0.39, 0.29) is 12.4 Å². The zero-order valence-electron chi connectivity index (χ0n) is 7.73. The van der Waals surface area contributed by atoms with E-state index < -0.39 is 0 Å². The number of rotatable bonds is 5. The van der Waals surface area contributed by atoms with Crippen molar-refractivity contribution in [3.63, 3.8) is 0 Å².